The SMILES string of the molecule is COCCNCc1c(C)nc2sccn12. The molecule has 0 atom stereocenters. The lowest BCUT2D eigenvalue weighted by Crippen LogP contribution is -2.19. The molecule has 15 heavy (non-hydrogen) atoms. The molecule has 1 N–H and O–H groups in total. The predicted octanol–water partition coefficient (Wildman–Crippen LogP) is 1.44. The Balaban J connectivity index is 2.05. The Hall–Kier alpha value is -0.910. The predicted molar refractivity (Wildman–Crippen MR) is 61.4 cm³/mol. The molecule has 0 spiro atoms. The van der Waals surface area contributed by atoms with Gasteiger partial charge in [-0.15, -0.1) is 11.3 Å². The average Bonchev–Trinajstić information content (AvgIpc) is 2.75. The van der Waals surface area contributed by atoms with Gasteiger partial charge in [-0.25, -0.2) is 4.98 Å². The van der Waals surface area contributed by atoms with E-state index in [-0.39, 0.29) is 0 Å². The maximum atomic E-state index is 4.98. The highest BCUT2D eigenvalue weighted by Gasteiger charge is 2.08. The van der Waals surface area contributed by atoms with E-state index < -0.39 is 0 Å². The lowest BCUT2D eigenvalue weighted by molar-refractivity contribution is 0.199. The molecule has 0 radical (unpaired) electrons. The Kier molecular flexibility index (Phi) is 3.35. The summed E-state index contributed by atoms with van der Waals surface area (Å²) in [5.41, 5.74) is 2.34. The normalized spacial score (nSPS) is 11.3. The third kappa shape index (κ3) is 2.19. The fraction of sp³-hybridized carbons (Fsp3) is 0.500. The van der Waals surface area contributed by atoms with Crippen LogP contribution in [0.5, 0.6) is 0 Å². The van der Waals surface area contributed by atoms with Crippen molar-refractivity contribution in [1.82, 2.24) is 14.7 Å². The van der Waals surface area contributed by atoms with Crippen LogP contribution in [0.1, 0.15) is 11.4 Å². The van der Waals surface area contributed by atoms with Gasteiger partial charge in [0.1, 0.15) is 0 Å². The van der Waals surface area contributed by atoms with Gasteiger partial charge in [-0.05, 0) is 6.92 Å². The maximum absolute atomic E-state index is 4.98. The number of hydrogen-bond acceptors (Lipinski definition) is 4. The van der Waals surface area contributed by atoms with Crippen LogP contribution in [0.4, 0.5) is 0 Å². The summed E-state index contributed by atoms with van der Waals surface area (Å²) in [5, 5.41) is 5.39. The van der Waals surface area contributed by atoms with Crippen molar-refractivity contribution in [1.29, 1.82) is 0 Å². The van der Waals surface area contributed by atoms with E-state index in [2.05, 4.69) is 26.3 Å². The van der Waals surface area contributed by atoms with Crippen LogP contribution in [0.25, 0.3) is 4.96 Å². The van der Waals surface area contributed by atoms with Gasteiger partial charge in [0.2, 0.25) is 0 Å². The minimum Gasteiger partial charge on any atom is -0.383 e. The Morgan fingerprint density at radius 1 is 1.60 bits per heavy atom. The van der Waals surface area contributed by atoms with Crippen LogP contribution in [-0.4, -0.2) is 29.6 Å². The number of methoxy groups -OCH3 is 1. The first-order chi connectivity index (χ1) is 7.33. The first kappa shape index (κ1) is 10.6. The fourth-order valence-electron chi connectivity index (χ4n) is 1.53. The molecule has 0 aliphatic carbocycles. The topological polar surface area (TPSA) is 38.6 Å². The van der Waals surface area contributed by atoms with Crippen LogP contribution in [0.2, 0.25) is 0 Å². The molecular formula is C10H15N3OS. The fourth-order valence-corrected chi connectivity index (χ4v) is 2.31. The van der Waals surface area contributed by atoms with E-state index in [1.165, 1.54) is 5.69 Å². The number of nitrogens with one attached hydrogen (secondary N) is 1. The summed E-state index contributed by atoms with van der Waals surface area (Å²) in [6.45, 7) is 4.50. The van der Waals surface area contributed by atoms with E-state index in [1.807, 2.05) is 6.92 Å². The molecule has 4 nitrogen and oxygen atoms in total. The molecule has 0 saturated carbocycles. The molecule has 2 heterocycles. The number of hydrogen-bond donors (Lipinski definition) is 1. The summed E-state index contributed by atoms with van der Waals surface area (Å²) in [6.07, 6.45) is 2.06. The lowest BCUT2D eigenvalue weighted by Gasteiger charge is -2.03. The maximum Gasteiger partial charge on any atom is 0.194 e. The summed E-state index contributed by atoms with van der Waals surface area (Å²) in [6, 6.07) is 0. The van der Waals surface area contributed by atoms with Gasteiger partial charge >= 0.3 is 0 Å². The first-order valence-corrected chi connectivity index (χ1v) is 5.81. The molecular weight excluding hydrogens is 210 g/mol. The van der Waals surface area contributed by atoms with E-state index in [0.29, 0.717) is 0 Å². The van der Waals surface area contributed by atoms with Gasteiger partial charge < -0.3 is 10.1 Å². The quantitative estimate of drug-likeness (QED) is 0.783. The highest BCUT2D eigenvalue weighted by Crippen LogP contribution is 2.16. The van der Waals surface area contributed by atoms with Crippen LogP contribution in [0, 0.1) is 6.92 Å². The van der Waals surface area contributed by atoms with Crippen LogP contribution in [0.3, 0.4) is 0 Å². The third-order valence-electron chi connectivity index (χ3n) is 2.34. The molecule has 0 saturated heterocycles. The molecule has 0 aromatic carbocycles. The van der Waals surface area contributed by atoms with E-state index in [1.54, 1.807) is 18.4 Å². The molecule has 2 aromatic rings. The number of imidazole rings is 1. The largest absolute Gasteiger partial charge is 0.383 e. The summed E-state index contributed by atoms with van der Waals surface area (Å²) in [5.74, 6) is 0. The standard InChI is InChI=1S/C10H15N3OS/c1-8-9(7-11-3-5-14-2)13-4-6-15-10(13)12-8/h4,6,11H,3,5,7H2,1-2H3. The monoisotopic (exact) mass is 225 g/mol. The van der Waals surface area contributed by atoms with Gasteiger partial charge in [-0.3, -0.25) is 4.40 Å². The van der Waals surface area contributed by atoms with Crippen molar-refractivity contribution >= 4 is 16.3 Å². The number of nitrogens with zero attached hydrogens (tertiary/aromatic N) is 2. The average molecular weight is 225 g/mol. The third-order valence-corrected chi connectivity index (χ3v) is 3.09. The molecule has 0 aliphatic rings. The molecule has 2 aromatic heterocycles. The molecule has 0 unspecified atom stereocenters. The zero-order chi connectivity index (χ0) is 10.7. The Morgan fingerprint density at radius 3 is 3.27 bits per heavy atom. The Bertz CT molecular complexity index is 435. The van der Waals surface area contributed by atoms with Gasteiger partial charge in [0.15, 0.2) is 4.96 Å². The molecule has 0 fully saturated rings. The Morgan fingerprint density at radius 2 is 2.47 bits per heavy atom. The van der Waals surface area contributed by atoms with Gasteiger partial charge in [-0.1, -0.05) is 0 Å². The second kappa shape index (κ2) is 4.74. The van der Waals surface area contributed by atoms with Crippen LogP contribution < -0.4 is 5.32 Å². The van der Waals surface area contributed by atoms with Gasteiger partial charge in [0.25, 0.3) is 0 Å². The van der Waals surface area contributed by atoms with Crippen LogP contribution >= 0.6 is 11.3 Å². The summed E-state index contributed by atoms with van der Waals surface area (Å²) in [7, 11) is 1.71. The molecule has 0 bridgehead atoms. The number of thiazole rings is 1. The van der Waals surface area contributed by atoms with E-state index >= 15 is 0 Å². The van der Waals surface area contributed by atoms with Crippen molar-refractivity contribution in [3.63, 3.8) is 0 Å². The molecule has 0 amide bonds. The summed E-state index contributed by atoms with van der Waals surface area (Å²) in [4.78, 5) is 5.55. The van der Waals surface area contributed by atoms with E-state index in [0.717, 1.165) is 30.4 Å². The second-order valence-corrected chi connectivity index (χ2v) is 4.24. The summed E-state index contributed by atoms with van der Waals surface area (Å²) >= 11 is 1.67. The lowest BCUT2D eigenvalue weighted by atomic mass is 10.3. The van der Waals surface area contributed by atoms with Crippen molar-refractivity contribution in [2.45, 2.75) is 13.5 Å². The van der Waals surface area contributed by atoms with E-state index in [4.69, 9.17) is 4.74 Å². The van der Waals surface area contributed by atoms with Crippen LogP contribution in [-0.2, 0) is 11.3 Å². The zero-order valence-electron chi connectivity index (χ0n) is 8.99. The summed E-state index contributed by atoms with van der Waals surface area (Å²) < 4.78 is 7.12. The molecule has 5 heteroatoms. The number of rotatable bonds is 5. The van der Waals surface area contributed by atoms with Gasteiger partial charge in [0.05, 0.1) is 18.0 Å². The van der Waals surface area contributed by atoms with Gasteiger partial charge in [0, 0.05) is 31.8 Å². The first-order valence-electron chi connectivity index (χ1n) is 4.93. The minimum atomic E-state index is 0.741. The number of ether oxygens (including phenoxy) is 1. The number of aromatic nitrogens is 2. The van der Waals surface area contributed by atoms with Gasteiger partial charge in [-0.2, -0.15) is 0 Å². The second-order valence-electron chi connectivity index (χ2n) is 3.37. The highest BCUT2D eigenvalue weighted by molar-refractivity contribution is 7.15. The minimum absolute atomic E-state index is 0.741. The molecule has 82 valence electrons. The molecule has 0 aliphatic heterocycles. The van der Waals surface area contributed by atoms with E-state index in [9.17, 15) is 0 Å². The van der Waals surface area contributed by atoms with Crippen molar-refractivity contribution in [3.05, 3.63) is 23.0 Å². The van der Waals surface area contributed by atoms with Crippen molar-refractivity contribution in [2.24, 2.45) is 0 Å². The van der Waals surface area contributed by atoms with Crippen molar-refractivity contribution in [3.8, 4) is 0 Å². The number of fused-ring (bicyclic) bond motifs is 1. The number of aryl methyl sites for hydroxylation is 1. The van der Waals surface area contributed by atoms with Crippen molar-refractivity contribution < 1.29 is 4.74 Å². The Labute approximate surface area is 92.9 Å². The highest BCUT2D eigenvalue weighted by atomic mass is 32.1. The van der Waals surface area contributed by atoms with Crippen molar-refractivity contribution in [2.75, 3.05) is 20.3 Å². The van der Waals surface area contributed by atoms with Crippen LogP contribution in [0.15, 0.2) is 11.6 Å². The smallest absolute Gasteiger partial charge is 0.194 e. The zero-order valence-corrected chi connectivity index (χ0v) is 9.80. The molecule has 2 rings (SSSR count).